The molecular formula is C30H60N8O6. The average molecular weight is 629 g/mol. The number of carbonyl (C=O) groups is 4. The van der Waals surface area contributed by atoms with Crippen LogP contribution in [-0.4, -0.2) is 124 Å². The SMILES string of the molecule is CCNCC(C)CNC[C@@]1(NC(=O)CCCC(=O)O)CNCC(C)CNCC(NC(=O)CCCC(=O)O)CNC(C)CNC1. The number of hydrogen-bond acceptors (Lipinski definition) is 10. The van der Waals surface area contributed by atoms with Crippen LogP contribution >= 0.6 is 0 Å². The second-order valence-electron chi connectivity index (χ2n) is 12.5. The first-order valence-electron chi connectivity index (χ1n) is 16.3. The molecule has 1 aliphatic heterocycles. The van der Waals surface area contributed by atoms with E-state index in [0.29, 0.717) is 58.2 Å². The number of hydrogen-bond donors (Lipinski definition) is 10. The maximum Gasteiger partial charge on any atom is 0.303 e. The fourth-order valence-electron chi connectivity index (χ4n) is 5.05. The van der Waals surface area contributed by atoms with E-state index >= 15 is 0 Å². The van der Waals surface area contributed by atoms with Crippen molar-refractivity contribution < 1.29 is 29.4 Å². The normalized spacial score (nSPS) is 24.8. The van der Waals surface area contributed by atoms with Crippen molar-refractivity contribution in [3.8, 4) is 0 Å². The third-order valence-electron chi connectivity index (χ3n) is 7.52. The molecule has 14 nitrogen and oxygen atoms in total. The Hall–Kier alpha value is -2.36. The zero-order chi connectivity index (χ0) is 32.8. The molecule has 4 unspecified atom stereocenters. The Labute approximate surface area is 263 Å². The molecule has 1 aliphatic rings. The van der Waals surface area contributed by atoms with Crippen molar-refractivity contribution in [2.24, 2.45) is 11.8 Å². The summed E-state index contributed by atoms with van der Waals surface area (Å²) < 4.78 is 0. The van der Waals surface area contributed by atoms with Gasteiger partial charge in [-0.2, -0.15) is 0 Å². The quantitative estimate of drug-likeness (QED) is 0.0949. The van der Waals surface area contributed by atoms with E-state index in [-0.39, 0.29) is 61.9 Å². The van der Waals surface area contributed by atoms with Gasteiger partial charge in [0.05, 0.1) is 11.6 Å². The highest BCUT2D eigenvalue weighted by Gasteiger charge is 2.32. The molecule has 0 aliphatic carbocycles. The van der Waals surface area contributed by atoms with Crippen LogP contribution in [-0.2, 0) is 19.2 Å². The smallest absolute Gasteiger partial charge is 0.303 e. The lowest BCUT2D eigenvalue weighted by Gasteiger charge is -2.37. The number of carbonyl (C=O) groups excluding carboxylic acids is 2. The summed E-state index contributed by atoms with van der Waals surface area (Å²) >= 11 is 0. The van der Waals surface area contributed by atoms with E-state index in [1.165, 1.54) is 0 Å². The first kappa shape index (κ1) is 39.7. The molecule has 0 radical (unpaired) electrons. The van der Waals surface area contributed by atoms with Crippen LogP contribution in [0.2, 0.25) is 0 Å². The molecule has 44 heavy (non-hydrogen) atoms. The fraction of sp³-hybridized carbons (Fsp3) is 0.867. The monoisotopic (exact) mass is 628 g/mol. The van der Waals surface area contributed by atoms with Gasteiger partial charge in [-0.05, 0) is 64.3 Å². The van der Waals surface area contributed by atoms with Crippen LogP contribution in [0.25, 0.3) is 0 Å². The summed E-state index contributed by atoms with van der Waals surface area (Å²) in [5.74, 6) is -1.47. The van der Waals surface area contributed by atoms with Crippen molar-refractivity contribution in [2.75, 3.05) is 72.0 Å². The fourth-order valence-corrected chi connectivity index (χ4v) is 5.05. The van der Waals surface area contributed by atoms with Gasteiger partial charge in [0, 0.05) is 71.0 Å². The standard InChI is InChI=1S/C30H60N8O6/c1-5-31-12-22(2)14-33-19-30(38-27(40)9-7-11-29(43)44)20-34-15-23(3)13-32-17-25(18-36-24(4)16-35-21-30)37-26(39)8-6-10-28(41)42/h22-25,31-36H,5-21H2,1-4H3,(H,37,39)(H,38,40)(H,41,42)(H,43,44)/t22?,23?,24?,25?,30-/m1/s1. The van der Waals surface area contributed by atoms with Crippen LogP contribution in [0.4, 0.5) is 0 Å². The zero-order valence-electron chi connectivity index (χ0n) is 27.4. The first-order valence-corrected chi connectivity index (χ1v) is 16.3. The predicted molar refractivity (Wildman–Crippen MR) is 172 cm³/mol. The van der Waals surface area contributed by atoms with Crippen molar-refractivity contribution in [2.45, 2.75) is 83.8 Å². The lowest BCUT2D eigenvalue weighted by Crippen LogP contribution is -2.66. The van der Waals surface area contributed by atoms with E-state index in [1.807, 2.05) is 0 Å². The van der Waals surface area contributed by atoms with Crippen molar-refractivity contribution in [3.63, 3.8) is 0 Å². The van der Waals surface area contributed by atoms with Gasteiger partial charge in [-0.1, -0.05) is 20.8 Å². The summed E-state index contributed by atoms with van der Waals surface area (Å²) in [5.41, 5.74) is -0.641. The molecule has 1 heterocycles. The summed E-state index contributed by atoms with van der Waals surface area (Å²) in [5, 5.41) is 45.1. The van der Waals surface area contributed by atoms with Crippen LogP contribution < -0.4 is 42.5 Å². The maximum absolute atomic E-state index is 13.0. The number of rotatable bonds is 17. The summed E-state index contributed by atoms with van der Waals surface area (Å²) in [6, 6.07) is -0.0897. The van der Waals surface area contributed by atoms with Gasteiger partial charge in [-0.3, -0.25) is 19.2 Å². The largest absolute Gasteiger partial charge is 0.481 e. The molecule has 0 aromatic heterocycles. The molecule has 0 aromatic rings. The molecule has 0 bridgehead atoms. The van der Waals surface area contributed by atoms with E-state index < -0.39 is 17.5 Å². The Morgan fingerprint density at radius 3 is 2.02 bits per heavy atom. The van der Waals surface area contributed by atoms with Gasteiger partial charge in [0.1, 0.15) is 0 Å². The molecule has 0 aromatic carbocycles. The van der Waals surface area contributed by atoms with Crippen LogP contribution in [0.1, 0.15) is 66.2 Å². The molecule has 1 fully saturated rings. The van der Waals surface area contributed by atoms with Gasteiger partial charge >= 0.3 is 11.9 Å². The third kappa shape index (κ3) is 19.8. The summed E-state index contributed by atoms with van der Waals surface area (Å²) in [4.78, 5) is 47.2. The highest BCUT2D eigenvalue weighted by atomic mass is 16.4. The number of amides is 2. The van der Waals surface area contributed by atoms with E-state index in [1.54, 1.807) is 0 Å². The van der Waals surface area contributed by atoms with E-state index in [0.717, 1.165) is 26.2 Å². The van der Waals surface area contributed by atoms with Gasteiger partial charge in [-0.25, -0.2) is 0 Å². The number of carboxylic acids is 2. The Bertz CT molecular complexity index is 850. The third-order valence-corrected chi connectivity index (χ3v) is 7.52. The summed E-state index contributed by atoms with van der Waals surface area (Å²) in [6.07, 6.45) is 0.829. The Morgan fingerprint density at radius 2 is 1.39 bits per heavy atom. The molecule has 256 valence electrons. The minimum absolute atomic E-state index is 0.0311. The minimum Gasteiger partial charge on any atom is -0.481 e. The van der Waals surface area contributed by atoms with Gasteiger partial charge in [0.2, 0.25) is 11.8 Å². The molecule has 14 heteroatoms. The van der Waals surface area contributed by atoms with Crippen LogP contribution in [0.15, 0.2) is 0 Å². The van der Waals surface area contributed by atoms with Crippen LogP contribution in [0, 0.1) is 11.8 Å². The lowest BCUT2D eigenvalue weighted by atomic mass is 9.97. The molecule has 5 atom stereocenters. The molecular weight excluding hydrogens is 568 g/mol. The highest BCUT2D eigenvalue weighted by Crippen LogP contribution is 2.07. The van der Waals surface area contributed by atoms with Gasteiger partial charge < -0.3 is 52.7 Å². The van der Waals surface area contributed by atoms with Crippen LogP contribution in [0.5, 0.6) is 0 Å². The Balaban J connectivity index is 2.94. The number of aliphatic carboxylic acids is 2. The van der Waals surface area contributed by atoms with E-state index in [2.05, 4.69) is 70.2 Å². The zero-order valence-corrected chi connectivity index (χ0v) is 27.4. The summed E-state index contributed by atoms with van der Waals surface area (Å²) in [6.45, 7) is 15.8. The van der Waals surface area contributed by atoms with E-state index in [9.17, 15) is 19.2 Å². The van der Waals surface area contributed by atoms with Crippen molar-refractivity contribution in [1.29, 1.82) is 0 Å². The topological polar surface area (TPSA) is 205 Å². The lowest BCUT2D eigenvalue weighted by molar-refractivity contribution is -0.138. The van der Waals surface area contributed by atoms with Gasteiger partial charge in [0.25, 0.3) is 0 Å². The molecule has 0 saturated carbocycles. The molecule has 2 amide bonds. The summed E-state index contributed by atoms with van der Waals surface area (Å²) in [7, 11) is 0. The van der Waals surface area contributed by atoms with Crippen molar-refractivity contribution in [3.05, 3.63) is 0 Å². The minimum atomic E-state index is -0.912. The molecule has 10 N–H and O–H groups in total. The second-order valence-corrected chi connectivity index (χ2v) is 12.5. The van der Waals surface area contributed by atoms with Gasteiger partial charge in [-0.15, -0.1) is 0 Å². The average Bonchev–Trinajstić information content (AvgIpc) is 2.94. The van der Waals surface area contributed by atoms with Crippen molar-refractivity contribution >= 4 is 23.8 Å². The maximum atomic E-state index is 13.0. The Kier molecular flexibility index (Phi) is 20.8. The molecule has 0 spiro atoms. The van der Waals surface area contributed by atoms with Crippen molar-refractivity contribution in [1.82, 2.24) is 42.5 Å². The van der Waals surface area contributed by atoms with E-state index in [4.69, 9.17) is 10.2 Å². The van der Waals surface area contributed by atoms with Gasteiger partial charge in [0.15, 0.2) is 0 Å². The van der Waals surface area contributed by atoms with Crippen LogP contribution in [0.3, 0.4) is 0 Å². The molecule has 1 rings (SSSR count). The second kappa shape index (κ2) is 23.0. The molecule has 1 saturated heterocycles. The highest BCUT2D eigenvalue weighted by molar-refractivity contribution is 5.78. The number of nitrogens with one attached hydrogen (secondary N) is 8. The number of carboxylic acid groups (broad SMARTS) is 2. The first-order chi connectivity index (χ1) is 20.9. The predicted octanol–water partition coefficient (Wildman–Crippen LogP) is -0.932. The Morgan fingerprint density at radius 1 is 0.795 bits per heavy atom.